The van der Waals surface area contributed by atoms with Crippen molar-refractivity contribution >= 4 is 33.1 Å². The Hall–Kier alpha value is -3.32. The Morgan fingerprint density at radius 1 is 1.08 bits per heavy atom. The molecule has 4 rings (SSSR count). The van der Waals surface area contributed by atoms with Crippen molar-refractivity contribution in [2.24, 2.45) is 7.05 Å². The lowest BCUT2D eigenvalue weighted by atomic mass is 10.0. The van der Waals surface area contributed by atoms with Crippen LogP contribution in [0.25, 0.3) is 22.0 Å². The number of aromatic nitrogens is 3. The van der Waals surface area contributed by atoms with Gasteiger partial charge in [-0.15, -0.1) is 11.3 Å². The first-order valence-corrected chi connectivity index (χ1v) is 8.79. The topological polar surface area (TPSA) is 76.9 Å². The highest BCUT2D eigenvalue weighted by Crippen LogP contribution is 2.31. The van der Waals surface area contributed by atoms with Gasteiger partial charge in [0.25, 0.3) is 11.5 Å². The maximum Gasteiger partial charge on any atom is 0.277 e. The highest BCUT2D eigenvalue weighted by Gasteiger charge is 2.13. The van der Waals surface area contributed by atoms with Crippen molar-refractivity contribution in [1.29, 1.82) is 0 Å². The lowest BCUT2D eigenvalue weighted by Crippen LogP contribution is -2.23. The van der Waals surface area contributed by atoms with E-state index in [0.29, 0.717) is 5.13 Å². The van der Waals surface area contributed by atoms with Crippen LogP contribution in [0.1, 0.15) is 10.5 Å². The number of anilines is 1. The highest BCUT2D eigenvalue weighted by molar-refractivity contribution is 7.14. The number of rotatable bonds is 3. The maximum atomic E-state index is 12.3. The van der Waals surface area contributed by atoms with Gasteiger partial charge in [-0.25, -0.2) is 9.67 Å². The largest absolute Gasteiger partial charge is 0.296 e. The fourth-order valence-corrected chi connectivity index (χ4v) is 3.39. The minimum atomic E-state index is -0.403. The first-order valence-electron chi connectivity index (χ1n) is 7.91. The molecule has 0 saturated carbocycles. The third-order valence-electron chi connectivity index (χ3n) is 3.98. The predicted octanol–water partition coefficient (Wildman–Crippen LogP) is 3.31. The predicted molar refractivity (Wildman–Crippen MR) is 102 cm³/mol. The first kappa shape index (κ1) is 16.2. The lowest BCUT2D eigenvalue weighted by Gasteiger charge is -2.04. The van der Waals surface area contributed by atoms with Crippen LogP contribution >= 0.6 is 11.3 Å². The van der Waals surface area contributed by atoms with E-state index in [1.165, 1.54) is 30.5 Å². The SMILES string of the molecule is Cn1nc(C(=O)Nc2nc(-c3cccc4ccccc34)cs2)ccc1=O. The van der Waals surface area contributed by atoms with Crippen LogP contribution < -0.4 is 10.9 Å². The number of nitrogens with one attached hydrogen (secondary N) is 1. The van der Waals surface area contributed by atoms with E-state index in [2.05, 4.69) is 33.6 Å². The lowest BCUT2D eigenvalue weighted by molar-refractivity contribution is 0.102. The number of carbonyl (C=O) groups excluding carboxylic acids is 1. The monoisotopic (exact) mass is 362 g/mol. The van der Waals surface area contributed by atoms with Gasteiger partial charge in [-0.05, 0) is 16.8 Å². The normalized spacial score (nSPS) is 10.8. The molecule has 128 valence electrons. The number of thiazole rings is 1. The number of fused-ring (bicyclic) bond motifs is 1. The van der Waals surface area contributed by atoms with E-state index in [4.69, 9.17) is 0 Å². The van der Waals surface area contributed by atoms with Crippen LogP contribution in [-0.2, 0) is 7.05 Å². The molecule has 6 nitrogen and oxygen atoms in total. The summed E-state index contributed by atoms with van der Waals surface area (Å²) in [6.07, 6.45) is 0. The van der Waals surface area contributed by atoms with Gasteiger partial charge in [0, 0.05) is 24.1 Å². The summed E-state index contributed by atoms with van der Waals surface area (Å²) in [7, 11) is 1.50. The van der Waals surface area contributed by atoms with Gasteiger partial charge >= 0.3 is 0 Å². The molecule has 0 aliphatic carbocycles. The zero-order chi connectivity index (χ0) is 18.1. The molecule has 1 amide bonds. The Morgan fingerprint density at radius 3 is 2.73 bits per heavy atom. The Labute approximate surface area is 152 Å². The molecule has 2 heterocycles. The molecule has 0 saturated heterocycles. The number of nitrogens with zero attached hydrogens (tertiary/aromatic N) is 3. The fourth-order valence-electron chi connectivity index (χ4n) is 2.69. The number of hydrogen-bond donors (Lipinski definition) is 1. The average Bonchev–Trinajstić information content (AvgIpc) is 3.11. The molecule has 0 radical (unpaired) electrons. The van der Waals surface area contributed by atoms with Gasteiger partial charge in [0.15, 0.2) is 5.13 Å². The Kier molecular flexibility index (Phi) is 4.06. The van der Waals surface area contributed by atoms with Gasteiger partial charge in [-0.2, -0.15) is 5.10 Å². The van der Waals surface area contributed by atoms with Gasteiger partial charge in [0.2, 0.25) is 0 Å². The van der Waals surface area contributed by atoms with Crippen LogP contribution in [-0.4, -0.2) is 20.7 Å². The molecule has 26 heavy (non-hydrogen) atoms. The van der Waals surface area contributed by atoms with E-state index in [1.807, 2.05) is 29.6 Å². The molecule has 4 aromatic rings. The van der Waals surface area contributed by atoms with Gasteiger partial charge in [0.1, 0.15) is 5.69 Å². The molecule has 7 heteroatoms. The third-order valence-corrected chi connectivity index (χ3v) is 4.74. The zero-order valence-corrected chi connectivity index (χ0v) is 14.7. The summed E-state index contributed by atoms with van der Waals surface area (Å²) in [6.45, 7) is 0. The molecule has 0 aliphatic rings. The van der Waals surface area contributed by atoms with Crippen molar-refractivity contribution < 1.29 is 4.79 Å². The summed E-state index contributed by atoms with van der Waals surface area (Å²) in [5, 5.41) is 11.3. The Balaban J connectivity index is 1.62. The summed E-state index contributed by atoms with van der Waals surface area (Å²) in [4.78, 5) is 28.2. The number of carbonyl (C=O) groups is 1. The van der Waals surface area contributed by atoms with Crippen molar-refractivity contribution in [3.63, 3.8) is 0 Å². The second-order valence-electron chi connectivity index (χ2n) is 5.70. The summed E-state index contributed by atoms with van der Waals surface area (Å²) in [6, 6.07) is 16.9. The van der Waals surface area contributed by atoms with Crippen molar-refractivity contribution in [3.05, 3.63) is 76.0 Å². The third kappa shape index (κ3) is 3.00. The van der Waals surface area contributed by atoms with Crippen LogP contribution in [0.3, 0.4) is 0 Å². The fraction of sp³-hybridized carbons (Fsp3) is 0.0526. The number of hydrogen-bond acceptors (Lipinski definition) is 5. The van der Waals surface area contributed by atoms with Crippen LogP contribution in [0.5, 0.6) is 0 Å². The Bertz CT molecular complexity index is 1170. The zero-order valence-electron chi connectivity index (χ0n) is 13.8. The van der Waals surface area contributed by atoms with Gasteiger partial charge in [0.05, 0.1) is 5.69 Å². The second kappa shape index (κ2) is 6.53. The standard InChI is InChI=1S/C19H14N4O2S/c1-23-17(24)10-9-15(22-23)18(25)21-19-20-16(11-26-19)14-8-4-6-12-5-2-3-7-13(12)14/h2-11H,1H3,(H,20,21,25). The molecule has 1 N–H and O–H groups in total. The molecule has 0 spiro atoms. The summed E-state index contributed by atoms with van der Waals surface area (Å²) in [5.41, 5.74) is 1.71. The molecular formula is C19H14N4O2S. The Morgan fingerprint density at radius 2 is 1.88 bits per heavy atom. The van der Waals surface area contributed by atoms with Gasteiger partial charge < -0.3 is 0 Å². The molecule has 0 unspecified atom stereocenters. The van der Waals surface area contributed by atoms with E-state index in [1.54, 1.807) is 0 Å². The maximum absolute atomic E-state index is 12.3. The quantitative estimate of drug-likeness (QED) is 0.607. The van der Waals surface area contributed by atoms with Crippen LogP contribution in [0.2, 0.25) is 0 Å². The van der Waals surface area contributed by atoms with Gasteiger partial charge in [-0.1, -0.05) is 42.5 Å². The molecule has 0 aliphatic heterocycles. The van der Waals surface area contributed by atoms with Crippen LogP contribution in [0.4, 0.5) is 5.13 Å². The highest BCUT2D eigenvalue weighted by atomic mass is 32.1. The summed E-state index contributed by atoms with van der Waals surface area (Å²) < 4.78 is 1.12. The summed E-state index contributed by atoms with van der Waals surface area (Å²) >= 11 is 1.34. The smallest absolute Gasteiger partial charge is 0.277 e. The van der Waals surface area contributed by atoms with E-state index in [0.717, 1.165) is 26.7 Å². The van der Waals surface area contributed by atoms with E-state index in [9.17, 15) is 9.59 Å². The van der Waals surface area contributed by atoms with E-state index in [-0.39, 0.29) is 11.3 Å². The number of amides is 1. The van der Waals surface area contributed by atoms with Crippen molar-refractivity contribution in [3.8, 4) is 11.3 Å². The molecule has 2 aromatic heterocycles. The van der Waals surface area contributed by atoms with Crippen molar-refractivity contribution in [2.45, 2.75) is 0 Å². The van der Waals surface area contributed by atoms with E-state index >= 15 is 0 Å². The number of aryl methyl sites for hydroxylation is 1. The molecule has 0 bridgehead atoms. The molecule has 0 fully saturated rings. The van der Waals surface area contributed by atoms with Crippen LogP contribution in [0.15, 0.2) is 64.8 Å². The molecule has 2 aromatic carbocycles. The van der Waals surface area contributed by atoms with E-state index < -0.39 is 5.91 Å². The average molecular weight is 362 g/mol. The minimum Gasteiger partial charge on any atom is -0.296 e. The summed E-state index contributed by atoms with van der Waals surface area (Å²) in [5.74, 6) is -0.403. The van der Waals surface area contributed by atoms with Crippen LogP contribution in [0, 0.1) is 0 Å². The minimum absolute atomic E-state index is 0.161. The second-order valence-corrected chi connectivity index (χ2v) is 6.56. The molecule has 0 atom stereocenters. The number of benzene rings is 2. The molecular weight excluding hydrogens is 348 g/mol. The van der Waals surface area contributed by atoms with Crippen molar-refractivity contribution in [2.75, 3.05) is 5.32 Å². The first-order chi connectivity index (χ1) is 12.6. The van der Waals surface area contributed by atoms with Gasteiger partial charge in [-0.3, -0.25) is 14.9 Å². The van der Waals surface area contributed by atoms with Crippen molar-refractivity contribution in [1.82, 2.24) is 14.8 Å².